The lowest BCUT2D eigenvalue weighted by molar-refractivity contribution is -0.131. The predicted octanol–water partition coefficient (Wildman–Crippen LogP) is 2.34. The van der Waals surface area contributed by atoms with Crippen molar-refractivity contribution in [1.29, 1.82) is 0 Å². The van der Waals surface area contributed by atoms with Crippen molar-refractivity contribution < 1.29 is 4.79 Å². The van der Waals surface area contributed by atoms with E-state index in [1.165, 1.54) is 25.7 Å². The van der Waals surface area contributed by atoms with Crippen LogP contribution in [0.1, 0.15) is 36.8 Å². The summed E-state index contributed by atoms with van der Waals surface area (Å²) in [7, 11) is 0. The van der Waals surface area contributed by atoms with Crippen molar-refractivity contribution in [2.75, 3.05) is 13.1 Å². The summed E-state index contributed by atoms with van der Waals surface area (Å²) in [6.07, 6.45) is 5.70. The molecule has 2 fully saturated rings. The fraction of sp³-hybridized carbons (Fsp3) is 0.588. The normalized spacial score (nSPS) is 18.1. The molecule has 0 spiro atoms. The van der Waals surface area contributed by atoms with Crippen LogP contribution in [-0.2, 0) is 17.8 Å². The van der Waals surface area contributed by atoms with E-state index in [9.17, 15) is 4.79 Å². The van der Waals surface area contributed by atoms with Crippen LogP contribution in [0.25, 0.3) is 0 Å². The molecule has 0 atom stereocenters. The molecule has 2 aliphatic rings. The second-order valence-electron chi connectivity index (χ2n) is 6.34. The molecule has 0 radical (unpaired) electrons. The Morgan fingerprint density at radius 2 is 1.60 bits per heavy atom. The number of rotatable bonds is 7. The number of carbonyl (C=O) groups is 1. The second-order valence-corrected chi connectivity index (χ2v) is 6.34. The molecule has 2 aliphatic carbocycles. The minimum Gasteiger partial charge on any atom is -0.342 e. The molecule has 0 unspecified atom stereocenters. The summed E-state index contributed by atoms with van der Waals surface area (Å²) in [5.74, 6) is 1.81. The Bertz CT molecular complexity index is 464. The standard InChI is InChI=1S/C17H24N2O/c18-10-16-4-2-1-3-15(16)9-17(20)19(11-13-5-6-13)12-14-7-8-14/h1-4,13-14H,5-12,18H2. The van der Waals surface area contributed by atoms with E-state index in [2.05, 4.69) is 4.90 Å². The van der Waals surface area contributed by atoms with Crippen molar-refractivity contribution in [1.82, 2.24) is 4.90 Å². The Hall–Kier alpha value is -1.35. The van der Waals surface area contributed by atoms with E-state index in [4.69, 9.17) is 5.73 Å². The number of hydrogen-bond acceptors (Lipinski definition) is 2. The van der Waals surface area contributed by atoms with Crippen molar-refractivity contribution in [3.63, 3.8) is 0 Å². The first-order valence-electron chi connectivity index (χ1n) is 7.81. The predicted molar refractivity (Wildman–Crippen MR) is 80.1 cm³/mol. The summed E-state index contributed by atoms with van der Waals surface area (Å²) < 4.78 is 0. The number of carbonyl (C=O) groups excluding carboxylic acids is 1. The van der Waals surface area contributed by atoms with Crippen molar-refractivity contribution in [3.05, 3.63) is 35.4 Å². The SMILES string of the molecule is NCc1ccccc1CC(=O)N(CC1CC1)CC1CC1. The maximum absolute atomic E-state index is 12.6. The number of nitrogens with two attached hydrogens (primary N) is 1. The van der Waals surface area contributed by atoms with Crippen molar-refractivity contribution in [2.45, 2.75) is 38.6 Å². The molecule has 0 saturated heterocycles. The van der Waals surface area contributed by atoms with Gasteiger partial charge in [0.25, 0.3) is 0 Å². The van der Waals surface area contributed by atoms with Gasteiger partial charge in [-0.3, -0.25) is 4.79 Å². The summed E-state index contributed by atoms with van der Waals surface area (Å²) >= 11 is 0. The highest BCUT2D eigenvalue weighted by Crippen LogP contribution is 2.34. The fourth-order valence-electron chi connectivity index (χ4n) is 2.71. The molecule has 2 N–H and O–H groups in total. The van der Waals surface area contributed by atoms with Gasteiger partial charge in [0.1, 0.15) is 0 Å². The van der Waals surface area contributed by atoms with Crippen LogP contribution in [0.5, 0.6) is 0 Å². The van der Waals surface area contributed by atoms with Gasteiger partial charge < -0.3 is 10.6 Å². The summed E-state index contributed by atoms with van der Waals surface area (Å²) in [6, 6.07) is 8.04. The zero-order valence-corrected chi connectivity index (χ0v) is 12.1. The largest absolute Gasteiger partial charge is 0.342 e. The zero-order valence-electron chi connectivity index (χ0n) is 12.1. The smallest absolute Gasteiger partial charge is 0.227 e. The molecule has 0 heterocycles. The van der Waals surface area contributed by atoms with Crippen LogP contribution in [0, 0.1) is 11.8 Å². The Labute approximate surface area is 121 Å². The van der Waals surface area contributed by atoms with Crippen LogP contribution in [0.3, 0.4) is 0 Å². The summed E-state index contributed by atoms with van der Waals surface area (Å²) in [5, 5.41) is 0. The summed E-state index contributed by atoms with van der Waals surface area (Å²) in [4.78, 5) is 14.7. The molecule has 1 aromatic carbocycles. The highest BCUT2D eigenvalue weighted by atomic mass is 16.2. The summed E-state index contributed by atoms with van der Waals surface area (Å²) in [6.45, 7) is 2.45. The van der Waals surface area contributed by atoms with E-state index >= 15 is 0 Å². The Balaban J connectivity index is 1.64. The monoisotopic (exact) mass is 272 g/mol. The quantitative estimate of drug-likeness (QED) is 0.828. The minimum atomic E-state index is 0.282. The van der Waals surface area contributed by atoms with Gasteiger partial charge in [-0.1, -0.05) is 24.3 Å². The molecule has 3 heteroatoms. The third-order valence-electron chi connectivity index (χ3n) is 4.38. The van der Waals surface area contributed by atoms with E-state index in [0.717, 1.165) is 36.1 Å². The van der Waals surface area contributed by atoms with Gasteiger partial charge in [0.15, 0.2) is 0 Å². The average molecular weight is 272 g/mol. The summed E-state index contributed by atoms with van der Waals surface area (Å²) in [5.41, 5.74) is 7.95. The van der Waals surface area contributed by atoms with Gasteiger partial charge in [-0.25, -0.2) is 0 Å². The Kier molecular flexibility index (Phi) is 4.06. The van der Waals surface area contributed by atoms with Gasteiger partial charge in [0.2, 0.25) is 5.91 Å². The van der Waals surface area contributed by atoms with Gasteiger partial charge in [0.05, 0.1) is 6.42 Å². The number of hydrogen-bond donors (Lipinski definition) is 1. The molecular formula is C17H24N2O. The number of nitrogens with zero attached hydrogens (tertiary/aromatic N) is 1. The van der Waals surface area contributed by atoms with Crippen LogP contribution in [0.2, 0.25) is 0 Å². The van der Waals surface area contributed by atoms with Crippen LogP contribution in [0.15, 0.2) is 24.3 Å². The highest BCUT2D eigenvalue weighted by Gasteiger charge is 2.31. The molecule has 0 aliphatic heterocycles. The fourth-order valence-corrected chi connectivity index (χ4v) is 2.71. The van der Waals surface area contributed by atoms with Gasteiger partial charge in [0, 0.05) is 19.6 Å². The molecule has 20 heavy (non-hydrogen) atoms. The van der Waals surface area contributed by atoms with Crippen molar-refractivity contribution >= 4 is 5.91 Å². The van der Waals surface area contributed by atoms with Crippen LogP contribution in [0.4, 0.5) is 0 Å². The second kappa shape index (κ2) is 5.96. The molecule has 108 valence electrons. The molecule has 2 saturated carbocycles. The average Bonchev–Trinajstić information content (AvgIpc) is 3.34. The maximum Gasteiger partial charge on any atom is 0.227 e. The lowest BCUT2D eigenvalue weighted by Crippen LogP contribution is -2.36. The van der Waals surface area contributed by atoms with Gasteiger partial charge >= 0.3 is 0 Å². The molecular weight excluding hydrogens is 248 g/mol. The molecule has 1 aromatic rings. The Morgan fingerprint density at radius 3 is 2.10 bits per heavy atom. The van der Waals surface area contributed by atoms with Crippen LogP contribution >= 0.6 is 0 Å². The van der Waals surface area contributed by atoms with Gasteiger partial charge in [-0.2, -0.15) is 0 Å². The lowest BCUT2D eigenvalue weighted by atomic mass is 10.0. The van der Waals surface area contributed by atoms with Crippen LogP contribution in [-0.4, -0.2) is 23.9 Å². The van der Waals surface area contributed by atoms with Crippen molar-refractivity contribution in [2.24, 2.45) is 17.6 Å². The van der Waals surface area contributed by atoms with Gasteiger partial charge in [-0.05, 0) is 48.6 Å². The van der Waals surface area contributed by atoms with Crippen LogP contribution < -0.4 is 5.73 Å². The third-order valence-corrected chi connectivity index (χ3v) is 4.38. The Morgan fingerprint density at radius 1 is 1.05 bits per heavy atom. The van der Waals surface area contributed by atoms with E-state index in [-0.39, 0.29) is 5.91 Å². The number of benzene rings is 1. The van der Waals surface area contributed by atoms with Gasteiger partial charge in [-0.15, -0.1) is 0 Å². The minimum absolute atomic E-state index is 0.282. The molecule has 1 amide bonds. The van der Waals surface area contributed by atoms with E-state index in [0.29, 0.717) is 13.0 Å². The topological polar surface area (TPSA) is 46.3 Å². The van der Waals surface area contributed by atoms with E-state index in [1.807, 2.05) is 24.3 Å². The van der Waals surface area contributed by atoms with E-state index in [1.54, 1.807) is 0 Å². The first-order chi connectivity index (χ1) is 9.76. The highest BCUT2D eigenvalue weighted by molar-refractivity contribution is 5.79. The first kappa shape index (κ1) is 13.6. The van der Waals surface area contributed by atoms with Crippen molar-refractivity contribution in [3.8, 4) is 0 Å². The third kappa shape index (κ3) is 3.60. The lowest BCUT2D eigenvalue weighted by Gasteiger charge is -2.23. The molecule has 0 aromatic heterocycles. The van der Waals surface area contributed by atoms with E-state index < -0.39 is 0 Å². The zero-order chi connectivity index (χ0) is 13.9. The molecule has 3 rings (SSSR count). The first-order valence-corrected chi connectivity index (χ1v) is 7.81. The maximum atomic E-state index is 12.6. The molecule has 0 bridgehead atoms. The number of amides is 1. The molecule has 3 nitrogen and oxygen atoms in total.